The molecule has 1 fully saturated rings. The zero-order chi connectivity index (χ0) is 26.0. The summed E-state index contributed by atoms with van der Waals surface area (Å²) >= 11 is -2.88. The molecule has 40 heavy (non-hydrogen) atoms. The summed E-state index contributed by atoms with van der Waals surface area (Å²) in [5.41, 5.74) is 17.7. The van der Waals surface area contributed by atoms with Crippen molar-refractivity contribution in [2.45, 2.75) is 49.8 Å². The van der Waals surface area contributed by atoms with Crippen molar-refractivity contribution >= 4 is 37.0 Å². The molecule has 2 unspecified atom stereocenters. The second-order valence-corrected chi connectivity index (χ2v) is 28.7. The molecule has 1 aliphatic heterocycles. The minimum absolute atomic E-state index is 0. The molecule has 1 heterocycles. The summed E-state index contributed by atoms with van der Waals surface area (Å²) in [5.74, 6) is 0. The number of aryl methyl sites for hydroxylation is 2. The molecule has 4 aromatic carbocycles. The second-order valence-electron chi connectivity index (χ2n) is 12.1. The van der Waals surface area contributed by atoms with Crippen molar-refractivity contribution in [3.63, 3.8) is 0 Å². The first-order chi connectivity index (χ1) is 18.5. The number of fused-ring (bicyclic) bond motifs is 2. The third kappa shape index (κ3) is 4.54. The Morgan fingerprint density at radius 3 is 1.27 bits per heavy atom. The van der Waals surface area contributed by atoms with E-state index in [4.69, 9.17) is 0 Å². The summed E-state index contributed by atoms with van der Waals surface area (Å²) in [6, 6.07) is 32.5. The van der Waals surface area contributed by atoms with Gasteiger partial charge in [-0.05, 0) is 0 Å². The summed E-state index contributed by atoms with van der Waals surface area (Å²) in [4.78, 5) is 0. The Balaban J connectivity index is 0.00000161. The summed E-state index contributed by atoms with van der Waals surface area (Å²) in [5, 5.41) is 0. The van der Waals surface area contributed by atoms with Crippen molar-refractivity contribution in [1.82, 2.24) is 0 Å². The van der Waals surface area contributed by atoms with Crippen LogP contribution in [0.15, 0.2) is 96.1 Å². The van der Waals surface area contributed by atoms with E-state index in [1.165, 1.54) is 59.3 Å². The molecule has 0 spiro atoms. The second kappa shape index (κ2) is 11.2. The minimum atomic E-state index is -2.88. The molecule has 0 saturated carbocycles. The fourth-order valence-corrected chi connectivity index (χ4v) is 30.9. The van der Waals surface area contributed by atoms with Crippen LogP contribution in [0.2, 0.25) is 8.35 Å². The molecule has 4 aromatic rings. The van der Waals surface area contributed by atoms with Gasteiger partial charge >= 0.3 is 234 Å². The smallest absolute Gasteiger partial charge is 0.147 e. The average molecular weight is 732 g/mol. The van der Waals surface area contributed by atoms with E-state index in [-0.39, 0.29) is 24.8 Å². The molecule has 3 heteroatoms. The van der Waals surface area contributed by atoms with E-state index < -0.39 is 20.0 Å². The third-order valence-electron chi connectivity index (χ3n) is 9.72. The van der Waals surface area contributed by atoms with Crippen LogP contribution in [0.25, 0.3) is 34.4 Å². The van der Waals surface area contributed by atoms with E-state index in [2.05, 4.69) is 125 Å². The number of allylic oxidation sites excluding steroid dienone is 2. The monoisotopic (exact) mass is 732 g/mol. The molecule has 2 atom stereocenters. The quantitative estimate of drug-likeness (QED) is 0.183. The van der Waals surface area contributed by atoms with Gasteiger partial charge in [-0.3, -0.25) is 0 Å². The molecule has 3 aliphatic rings. The summed E-state index contributed by atoms with van der Waals surface area (Å²) in [6.07, 6.45) is 6.55. The van der Waals surface area contributed by atoms with Gasteiger partial charge in [0.15, 0.2) is 0 Å². The maximum atomic E-state index is 2.56. The van der Waals surface area contributed by atoms with E-state index in [0.29, 0.717) is 7.35 Å². The molecule has 204 valence electrons. The molecule has 0 aromatic heterocycles. The van der Waals surface area contributed by atoms with Crippen LogP contribution in [0, 0.1) is 13.8 Å². The van der Waals surface area contributed by atoms with Crippen molar-refractivity contribution in [2.24, 2.45) is 0 Å². The number of benzene rings is 4. The van der Waals surface area contributed by atoms with Gasteiger partial charge in [-0.25, -0.2) is 0 Å². The summed E-state index contributed by atoms with van der Waals surface area (Å²) < 4.78 is 4.42. The molecule has 1 saturated heterocycles. The maximum absolute atomic E-state index is 2.88. The molecule has 7 rings (SSSR count). The van der Waals surface area contributed by atoms with Crippen LogP contribution in [-0.4, -0.2) is 0 Å². The van der Waals surface area contributed by atoms with Crippen molar-refractivity contribution in [3.8, 4) is 22.3 Å². The first-order valence-electron chi connectivity index (χ1n) is 14.2. The van der Waals surface area contributed by atoms with E-state index >= 15 is 0 Å². The fraction of sp³-hybridized carbons (Fsp3) is 0.243. The Morgan fingerprint density at radius 2 is 0.925 bits per heavy atom. The molecule has 0 amide bonds. The van der Waals surface area contributed by atoms with Gasteiger partial charge in [-0.2, -0.15) is 0 Å². The largest absolute Gasteiger partial charge is 0.147 e. The van der Waals surface area contributed by atoms with Crippen LogP contribution < -0.4 is 0 Å². The number of hydrogen-bond acceptors (Lipinski definition) is 0. The normalized spacial score (nSPS) is 19.8. The van der Waals surface area contributed by atoms with Crippen LogP contribution in [-0.2, 0) is 20.0 Å². The predicted molar refractivity (Wildman–Crippen MR) is 175 cm³/mol. The molecule has 2 aliphatic carbocycles. The van der Waals surface area contributed by atoms with E-state index in [0.717, 1.165) is 0 Å². The summed E-state index contributed by atoms with van der Waals surface area (Å²) in [7, 11) is 0. The molecular weight excluding hydrogens is 694 g/mol. The Bertz CT molecular complexity index is 1500. The van der Waals surface area contributed by atoms with Crippen LogP contribution in [0.3, 0.4) is 0 Å². The topological polar surface area (TPSA) is 0 Å². The van der Waals surface area contributed by atoms with Crippen LogP contribution in [0.5, 0.6) is 0 Å². The maximum Gasteiger partial charge on any atom is -0.147 e. The predicted octanol–water partition coefficient (Wildman–Crippen LogP) is 11.5. The zero-order valence-electron chi connectivity index (χ0n) is 23.8. The van der Waals surface area contributed by atoms with Gasteiger partial charge in [-0.1, -0.05) is 0 Å². The van der Waals surface area contributed by atoms with Crippen LogP contribution in [0.4, 0.5) is 0 Å². The molecule has 0 nitrogen and oxygen atoms in total. The SMILES string of the molecule is CC1=Cc2c(-c3ccc(C)cc3)cccc2[CH]1[Hf]1([CH]2C(C)=Cc3c(-c4ccc(C)cc4)cccc32)[CH2]C[CH2]1.Cl.Cl. The first kappa shape index (κ1) is 29.3. The van der Waals surface area contributed by atoms with E-state index in [1.54, 1.807) is 22.3 Å². The van der Waals surface area contributed by atoms with Crippen LogP contribution in [0.1, 0.15) is 61.0 Å². The van der Waals surface area contributed by atoms with Gasteiger partial charge < -0.3 is 0 Å². The van der Waals surface area contributed by atoms with E-state index in [1.807, 2.05) is 0 Å². The summed E-state index contributed by atoms with van der Waals surface area (Å²) in [6.45, 7) is 9.24. The number of halogens is 2. The Morgan fingerprint density at radius 1 is 0.525 bits per heavy atom. The van der Waals surface area contributed by atoms with Crippen molar-refractivity contribution in [3.05, 3.63) is 129 Å². The van der Waals surface area contributed by atoms with E-state index in [9.17, 15) is 0 Å². The van der Waals surface area contributed by atoms with Gasteiger partial charge in [-0.15, -0.1) is 24.8 Å². The Labute approximate surface area is 256 Å². The molecule has 0 bridgehead atoms. The van der Waals surface area contributed by atoms with Gasteiger partial charge in [0, 0.05) is 0 Å². The Hall–Kier alpha value is -2.19. The van der Waals surface area contributed by atoms with Crippen molar-refractivity contribution in [2.75, 3.05) is 0 Å². The standard InChI is InChI=1S/2C17H15.C3H6.2ClH.Hf/c2*1-12-6-8-14(9-7-12)16-5-3-4-15-10-13(2)11-17(15)16;1-3-2;;;/h2*3-11H,1-2H3;1-3H2;2*1H;. The van der Waals surface area contributed by atoms with Gasteiger partial charge in [0.1, 0.15) is 0 Å². The van der Waals surface area contributed by atoms with Crippen LogP contribution >= 0.6 is 24.8 Å². The molecule has 0 radical (unpaired) electrons. The average Bonchev–Trinajstić information content (AvgIpc) is 3.41. The van der Waals surface area contributed by atoms with Gasteiger partial charge in [0.05, 0.1) is 0 Å². The zero-order valence-corrected chi connectivity index (χ0v) is 29.1. The third-order valence-corrected chi connectivity index (χ3v) is 32.7. The molecular formula is C37H38Cl2Hf. The fourth-order valence-electron chi connectivity index (χ4n) is 7.93. The van der Waals surface area contributed by atoms with Crippen molar-refractivity contribution < 1.29 is 20.0 Å². The van der Waals surface area contributed by atoms with Gasteiger partial charge in [0.25, 0.3) is 0 Å². The molecule has 0 N–H and O–H groups in total. The Kier molecular flexibility index (Phi) is 8.23. The van der Waals surface area contributed by atoms with Crippen molar-refractivity contribution in [1.29, 1.82) is 0 Å². The first-order valence-corrected chi connectivity index (χ1v) is 23.5. The van der Waals surface area contributed by atoms with Gasteiger partial charge in [0.2, 0.25) is 0 Å². The number of hydrogen-bond donors (Lipinski definition) is 0. The minimum Gasteiger partial charge on any atom is -0.147 e. The number of rotatable bonds is 4.